The molecule has 1 saturated heterocycles. The van der Waals surface area contributed by atoms with Crippen LogP contribution in [-0.4, -0.2) is 13.7 Å². The molecule has 0 aliphatic carbocycles. The van der Waals surface area contributed by atoms with E-state index in [4.69, 9.17) is 9.47 Å². The summed E-state index contributed by atoms with van der Waals surface area (Å²) >= 11 is 0. The molecule has 3 rings (SSSR count). The third kappa shape index (κ3) is 1.38. The van der Waals surface area contributed by atoms with Gasteiger partial charge >= 0.3 is 0 Å². The molecule has 1 aliphatic heterocycles. The maximum atomic E-state index is 5.37. The summed E-state index contributed by atoms with van der Waals surface area (Å²) < 4.78 is 10.7. The minimum atomic E-state index is 0.228. The highest BCUT2D eigenvalue weighted by atomic mass is 16.6. The molecule has 15 heavy (non-hydrogen) atoms. The molecule has 0 spiro atoms. The average molecular weight is 200 g/mol. The number of rotatable bonds is 2. The number of epoxide rings is 1. The summed E-state index contributed by atoms with van der Waals surface area (Å²) in [4.78, 5) is 0. The van der Waals surface area contributed by atoms with Gasteiger partial charge in [0.15, 0.2) is 0 Å². The molecule has 2 nitrogen and oxygen atoms in total. The lowest BCUT2D eigenvalue weighted by atomic mass is 10.0. The topological polar surface area (TPSA) is 21.8 Å². The molecule has 0 amide bonds. The number of methoxy groups -OCH3 is 1. The SMILES string of the molecule is COc1ccc2ccccc2c1[C@@H]1CO1. The Morgan fingerprint density at radius 1 is 1.20 bits per heavy atom. The molecule has 0 bridgehead atoms. The first-order valence-electron chi connectivity index (χ1n) is 5.07. The molecule has 0 aromatic heterocycles. The Hall–Kier alpha value is -1.54. The summed E-state index contributed by atoms with van der Waals surface area (Å²) in [7, 11) is 1.70. The van der Waals surface area contributed by atoms with Crippen molar-refractivity contribution in [3.05, 3.63) is 42.0 Å². The van der Waals surface area contributed by atoms with E-state index in [0.717, 1.165) is 12.4 Å². The summed E-state index contributed by atoms with van der Waals surface area (Å²) in [5.74, 6) is 0.927. The lowest BCUT2D eigenvalue weighted by molar-refractivity contribution is 0.385. The van der Waals surface area contributed by atoms with Crippen LogP contribution in [0.2, 0.25) is 0 Å². The van der Waals surface area contributed by atoms with Crippen LogP contribution in [0.15, 0.2) is 36.4 Å². The minimum Gasteiger partial charge on any atom is -0.496 e. The van der Waals surface area contributed by atoms with E-state index in [1.165, 1.54) is 16.3 Å². The molecule has 1 heterocycles. The monoisotopic (exact) mass is 200 g/mol. The van der Waals surface area contributed by atoms with Crippen molar-refractivity contribution in [2.45, 2.75) is 6.10 Å². The van der Waals surface area contributed by atoms with Crippen molar-refractivity contribution < 1.29 is 9.47 Å². The second-order valence-corrected chi connectivity index (χ2v) is 3.72. The lowest BCUT2D eigenvalue weighted by Gasteiger charge is -2.09. The number of fused-ring (bicyclic) bond motifs is 1. The fraction of sp³-hybridized carbons (Fsp3) is 0.231. The highest BCUT2D eigenvalue weighted by Crippen LogP contribution is 2.40. The van der Waals surface area contributed by atoms with E-state index < -0.39 is 0 Å². The molecule has 0 N–H and O–H groups in total. The third-order valence-electron chi connectivity index (χ3n) is 2.81. The first-order chi connectivity index (χ1) is 7.40. The van der Waals surface area contributed by atoms with Gasteiger partial charge in [0.2, 0.25) is 0 Å². The average Bonchev–Trinajstić information content (AvgIpc) is 3.11. The van der Waals surface area contributed by atoms with Crippen LogP contribution in [0.25, 0.3) is 10.8 Å². The molecule has 1 aliphatic rings. The van der Waals surface area contributed by atoms with Crippen molar-refractivity contribution in [2.24, 2.45) is 0 Å². The first kappa shape index (κ1) is 8.74. The van der Waals surface area contributed by atoms with E-state index >= 15 is 0 Å². The van der Waals surface area contributed by atoms with Crippen LogP contribution in [0, 0.1) is 0 Å². The van der Waals surface area contributed by atoms with Crippen LogP contribution in [0.4, 0.5) is 0 Å². The summed E-state index contributed by atoms with van der Waals surface area (Å²) in [5.41, 5.74) is 1.19. The summed E-state index contributed by atoms with van der Waals surface area (Å²) in [6.07, 6.45) is 0.228. The Bertz CT molecular complexity index is 501. The number of hydrogen-bond acceptors (Lipinski definition) is 2. The summed E-state index contributed by atoms with van der Waals surface area (Å²) in [6, 6.07) is 12.4. The van der Waals surface area contributed by atoms with Gasteiger partial charge in [-0.1, -0.05) is 30.3 Å². The molecule has 2 heteroatoms. The third-order valence-corrected chi connectivity index (χ3v) is 2.81. The quantitative estimate of drug-likeness (QED) is 0.695. The van der Waals surface area contributed by atoms with Gasteiger partial charge in [0.1, 0.15) is 11.9 Å². The zero-order chi connectivity index (χ0) is 10.3. The van der Waals surface area contributed by atoms with Gasteiger partial charge in [-0.3, -0.25) is 0 Å². The summed E-state index contributed by atoms with van der Waals surface area (Å²) in [6.45, 7) is 0.810. The molecule has 0 unspecified atom stereocenters. The van der Waals surface area contributed by atoms with Crippen LogP contribution in [0.1, 0.15) is 11.7 Å². The maximum Gasteiger partial charge on any atom is 0.125 e. The van der Waals surface area contributed by atoms with Crippen LogP contribution in [-0.2, 0) is 4.74 Å². The Labute approximate surface area is 88.4 Å². The molecule has 2 aromatic rings. The zero-order valence-corrected chi connectivity index (χ0v) is 8.57. The van der Waals surface area contributed by atoms with E-state index in [9.17, 15) is 0 Å². The van der Waals surface area contributed by atoms with Gasteiger partial charge in [0, 0.05) is 5.56 Å². The van der Waals surface area contributed by atoms with Crippen molar-refractivity contribution >= 4 is 10.8 Å². The Morgan fingerprint density at radius 2 is 2.00 bits per heavy atom. The smallest absolute Gasteiger partial charge is 0.125 e. The summed E-state index contributed by atoms with van der Waals surface area (Å²) in [5, 5.41) is 2.48. The predicted octanol–water partition coefficient (Wildman–Crippen LogP) is 2.92. The van der Waals surface area contributed by atoms with Crippen LogP contribution in [0.5, 0.6) is 5.75 Å². The number of benzene rings is 2. The molecule has 2 aromatic carbocycles. The first-order valence-corrected chi connectivity index (χ1v) is 5.07. The molecule has 1 atom stereocenters. The van der Waals surface area contributed by atoms with E-state index in [1.54, 1.807) is 7.11 Å². The highest BCUT2D eigenvalue weighted by molar-refractivity contribution is 5.88. The molecule has 0 radical (unpaired) electrons. The maximum absolute atomic E-state index is 5.37. The van der Waals surface area contributed by atoms with Crippen molar-refractivity contribution in [3.8, 4) is 5.75 Å². The van der Waals surface area contributed by atoms with E-state index in [2.05, 4.69) is 18.2 Å². The van der Waals surface area contributed by atoms with Gasteiger partial charge in [-0.2, -0.15) is 0 Å². The Morgan fingerprint density at radius 3 is 2.73 bits per heavy atom. The fourth-order valence-corrected chi connectivity index (χ4v) is 2.00. The largest absolute Gasteiger partial charge is 0.496 e. The normalized spacial score (nSPS) is 19.1. The van der Waals surface area contributed by atoms with Gasteiger partial charge < -0.3 is 9.47 Å². The van der Waals surface area contributed by atoms with Crippen LogP contribution in [0.3, 0.4) is 0 Å². The highest BCUT2D eigenvalue weighted by Gasteiger charge is 2.29. The van der Waals surface area contributed by atoms with Gasteiger partial charge in [-0.15, -0.1) is 0 Å². The van der Waals surface area contributed by atoms with Crippen LogP contribution < -0.4 is 4.74 Å². The Balaban J connectivity index is 2.32. The molecular formula is C13H12O2. The Kier molecular flexibility index (Phi) is 1.89. The lowest BCUT2D eigenvalue weighted by Crippen LogP contribution is -1.92. The van der Waals surface area contributed by atoms with Gasteiger partial charge in [-0.05, 0) is 16.8 Å². The van der Waals surface area contributed by atoms with Crippen molar-refractivity contribution in [2.75, 3.05) is 13.7 Å². The van der Waals surface area contributed by atoms with Crippen LogP contribution >= 0.6 is 0 Å². The molecular weight excluding hydrogens is 188 g/mol. The van der Waals surface area contributed by atoms with Crippen molar-refractivity contribution in [1.82, 2.24) is 0 Å². The van der Waals surface area contributed by atoms with E-state index in [0.29, 0.717) is 0 Å². The van der Waals surface area contributed by atoms with Crippen molar-refractivity contribution in [3.63, 3.8) is 0 Å². The fourth-order valence-electron chi connectivity index (χ4n) is 2.00. The second-order valence-electron chi connectivity index (χ2n) is 3.72. The number of hydrogen-bond donors (Lipinski definition) is 0. The minimum absolute atomic E-state index is 0.228. The molecule has 0 saturated carbocycles. The molecule has 76 valence electrons. The number of ether oxygens (including phenoxy) is 2. The predicted molar refractivity (Wildman–Crippen MR) is 59.2 cm³/mol. The zero-order valence-electron chi connectivity index (χ0n) is 8.57. The molecule has 1 fully saturated rings. The van der Waals surface area contributed by atoms with E-state index in [1.807, 2.05) is 18.2 Å². The van der Waals surface area contributed by atoms with Gasteiger partial charge in [0.05, 0.1) is 13.7 Å². The van der Waals surface area contributed by atoms with E-state index in [-0.39, 0.29) is 6.10 Å². The van der Waals surface area contributed by atoms with Gasteiger partial charge in [0.25, 0.3) is 0 Å². The standard InChI is InChI=1S/C13H12O2/c1-14-11-7-6-9-4-2-3-5-10(9)13(11)12-8-15-12/h2-7,12H,8H2,1H3/t12-/m0/s1. The van der Waals surface area contributed by atoms with Crippen molar-refractivity contribution in [1.29, 1.82) is 0 Å². The van der Waals surface area contributed by atoms with Gasteiger partial charge in [-0.25, -0.2) is 0 Å². The second kappa shape index (κ2) is 3.24.